The van der Waals surface area contributed by atoms with Crippen LogP contribution in [0.3, 0.4) is 0 Å². The van der Waals surface area contributed by atoms with Crippen LogP contribution in [0.2, 0.25) is 0 Å². The van der Waals surface area contributed by atoms with E-state index < -0.39 is 11.6 Å². The van der Waals surface area contributed by atoms with Crippen LogP contribution >= 0.6 is 0 Å². The van der Waals surface area contributed by atoms with Crippen LogP contribution in [0.1, 0.15) is 19.3 Å². The molecule has 0 saturated carbocycles. The maximum Gasteiger partial charge on any atom is 0.306 e. The molecule has 2 atom stereocenters. The standard InChI is InChI=1S/C10H16O5/c11-9(12)4-8-5-14-7-10(15-8)2-1-3-13-6-10/h8H,1-7H2,(H,11,12). The fourth-order valence-electron chi connectivity index (χ4n) is 2.13. The van der Waals surface area contributed by atoms with Crippen molar-refractivity contribution in [3.8, 4) is 0 Å². The zero-order valence-electron chi connectivity index (χ0n) is 8.61. The van der Waals surface area contributed by atoms with Crippen LogP contribution in [0.25, 0.3) is 0 Å². The fourth-order valence-corrected chi connectivity index (χ4v) is 2.13. The molecule has 5 heteroatoms. The summed E-state index contributed by atoms with van der Waals surface area (Å²) in [6.45, 7) is 2.16. The van der Waals surface area contributed by atoms with Gasteiger partial charge in [0, 0.05) is 6.61 Å². The molecule has 0 aromatic rings. The van der Waals surface area contributed by atoms with Gasteiger partial charge < -0.3 is 19.3 Å². The lowest BCUT2D eigenvalue weighted by Gasteiger charge is -2.42. The highest BCUT2D eigenvalue weighted by molar-refractivity contribution is 5.67. The normalized spacial score (nSPS) is 36.7. The van der Waals surface area contributed by atoms with E-state index in [0.717, 1.165) is 19.4 Å². The van der Waals surface area contributed by atoms with Crippen LogP contribution in [0.15, 0.2) is 0 Å². The second-order valence-electron chi connectivity index (χ2n) is 4.19. The van der Waals surface area contributed by atoms with Gasteiger partial charge in [-0.3, -0.25) is 4.79 Å². The first kappa shape index (κ1) is 10.9. The minimum Gasteiger partial charge on any atom is -0.481 e. The van der Waals surface area contributed by atoms with Crippen molar-refractivity contribution < 1.29 is 24.1 Å². The first-order valence-corrected chi connectivity index (χ1v) is 5.25. The Balaban J connectivity index is 1.93. The molecule has 0 bridgehead atoms. The average Bonchev–Trinajstić information content (AvgIpc) is 2.17. The van der Waals surface area contributed by atoms with Crippen molar-refractivity contribution in [2.75, 3.05) is 26.4 Å². The summed E-state index contributed by atoms with van der Waals surface area (Å²) in [4.78, 5) is 10.6. The number of hydrogen-bond acceptors (Lipinski definition) is 4. The van der Waals surface area contributed by atoms with E-state index in [1.807, 2.05) is 0 Å². The molecule has 2 saturated heterocycles. The zero-order chi connectivity index (χ0) is 10.7. The first-order chi connectivity index (χ1) is 7.20. The van der Waals surface area contributed by atoms with Gasteiger partial charge in [-0.1, -0.05) is 0 Å². The van der Waals surface area contributed by atoms with Gasteiger partial charge in [0.2, 0.25) is 0 Å². The summed E-state index contributed by atoms with van der Waals surface area (Å²) in [5, 5.41) is 8.69. The molecule has 2 aliphatic rings. The van der Waals surface area contributed by atoms with Crippen molar-refractivity contribution in [1.82, 2.24) is 0 Å². The van der Waals surface area contributed by atoms with E-state index in [0.29, 0.717) is 19.8 Å². The van der Waals surface area contributed by atoms with Crippen LogP contribution in [-0.2, 0) is 19.0 Å². The predicted octanol–water partition coefficient (Wildman–Crippen LogP) is 0.426. The molecular formula is C10H16O5. The largest absolute Gasteiger partial charge is 0.481 e. The molecule has 2 unspecified atom stereocenters. The minimum atomic E-state index is -0.850. The Bertz CT molecular complexity index is 228. The van der Waals surface area contributed by atoms with Crippen molar-refractivity contribution in [2.24, 2.45) is 0 Å². The number of carbonyl (C=O) groups is 1. The minimum absolute atomic E-state index is 0.00174. The number of aliphatic carboxylic acids is 1. The summed E-state index contributed by atoms with van der Waals surface area (Å²) >= 11 is 0. The molecule has 2 rings (SSSR count). The maximum atomic E-state index is 10.6. The zero-order valence-corrected chi connectivity index (χ0v) is 8.61. The van der Waals surface area contributed by atoms with E-state index in [2.05, 4.69) is 0 Å². The number of carboxylic acid groups (broad SMARTS) is 1. The molecule has 2 fully saturated rings. The quantitative estimate of drug-likeness (QED) is 0.725. The number of ether oxygens (including phenoxy) is 3. The number of rotatable bonds is 2. The molecule has 2 heterocycles. The van der Waals surface area contributed by atoms with Gasteiger partial charge in [0.15, 0.2) is 0 Å². The van der Waals surface area contributed by atoms with Crippen molar-refractivity contribution >= 4 is 5.97 Å². The van der Waals surface area contributed by atoms with E-state index in [1.165, 1.54) is 0 Å². The molecule has 86 valence electrons. The lowest BCUT2D eigenvalue weighted by atomic mass is 9.96. The number of carboxylic acids is 1. The van der Waals surface area contributed by atoms with Crippen LogP contribution in [0, 0.1) is 0 Å². The summed E-state index contributed by atoms with van der Waals surface area (Å²) in [7, 11) is 0. The van der Waals surface area contributed by atoms with Gasteiger partial charge in [0.1, 0.15) is 5.60 Å². The molecule has 0 aromatic heterocycles. The molecule has 1 N–H and O–H groups in total. The molecule has 2 aliphatic heterocycles. The third-order valence-electron chi connectivity index (χ3n) is 2.77. The average molecular weight is 216 g/mol. The van der Waals surface area contributed by atoms with Crippen LogP contribution in [0.4, 0.5) is 0 Å². The smallest absolute Gasteiger partial charge is 0.306 e. The number of hydrogen-bond donors (Lipinski definition) is 1. The van der Waals surface area contributed by atoms with Crippen LogP contribution < -0.4 is 0 Å². The molecule has 15 heavy (non-hydrogen) atoms. The Hall–Kier alpha value is -0.650. The SMILES string of the molecule is O=C(O)CC1COCC2(CCCOC2)O1. The van der Waals surface area contributed by atoms with Gasteiger partial charge in [-0.05, 0) is 12.8 Å². The Morgan fingerprint density at radius 2 is 2.20 bits per heavy atom. The van der Waals surface area contributed by atoms with E-state index >= 15 is 0 Å². The summed E-state index contributed by atoms with van der Waals surface area (Å²) in [6.07, 6.45) is 1.51. The van der Waals surface area contributed by atoms with E-state index in [1.54, 1.807) is 0 Å². The van der Waals surface area contributed by atoms with Gasteiger partial charge in [0.25, 0.3) is 0 Å². The van der Waals surface area contributed by atoms with E-state index in [9.17, 15) is 4.79 Å². The van der Waals surface area contributed by atoms with Crippen LogP contribution in [0.5, 0.6) is 0 Å². The highest BCUT2D eigenvalue weighted by Crippen LogP contribution is 2.29. The molecule has 0 aliphatic carbocycles. The monoisotopic (exact) mass is 216 g/mol. The molecule has 1 spiro atoms. The lowest BCUT2D eigenvalue weighted by Crippen LogP contribution is -2.53. The Morgan fingerprint density at radius 3 is 2.87 bits per heavy atom. The Kier molecular flexibility index (Phi) is 3.23. The fraction of sp³-hybridized carbons (Fsp3) is 0.900. The van der Waals surface area contributed by atoms with Crippen molar-refractivity contribution in [3.63, 3.8) is 0 Å². The summed E-state index contributed by atoms with van der Waals surface area (Å²) in [5.74, 6) is -0.850. The van der Waals surface area contributed by atoms with Gasteiger partial charge in [-0.25, -0.2) is 0 Å². The maximum absolute atomic E-state index is 10.6. The van der Waals surface area contributed by atoms with Crippen LogP contribution in [-0.4, -0.2) is 49.2 Å². The van der Waals surface area contributed by atoms with E-state index in [4.69, 9.17) is 19.3 Å². The highest BCUT2D eigenvalue weighted by Gasteiger charge is 2.40. The lowest BCUT2D eigenvalue weighted by molar-refractivity contribution is -0.235. The topological polar surface area (TPSA) is 65.0 Å². The summed E-state index contributed by atoms with van der Waals surface area (Å²) in [5.41, 5.74) is -0.392. The second-order valence-corrected chi connectivity index (χ2v) is 4.19. The van der Waals surface area contributed by atoms with E-state index in [-0.39, 0.29) is 12.5 Å². The molecule has 0 aromatic carbocycles. The Morgan fingerprint density at radius 1 is 1.40 bits per heavy atom. The highest BCUT2D eigenvalue weighted by atomic mass is 16.6. The van der Waals surface area contributed by atoms with Crippen molar-refractivity contribution in [3.05, 3.63) is 0 Å². The molecule has 0 radical (unpaired) electrons. The van der Waals surface area contributed by atoms with Gasteiger partial charge in [0.05, 0.1) is 32.3 Å². The molecule has 0 amide bonds. The second kappa shape index (κ2) is 4.47. The van der Waals surface area contributed by atoms with Crippen molar-refractivity contribution in [2.45, 2.75) is 31.0 Å². The third-order valence-corrected chi connectivity index (χ3v) is 2.77. The van der Waals surface area contributed by atoms with Gasteiger partial charge >= 0.3 is 5.97 Å². The third kappa shape index (κ3) is 2.68. The predicted molar refractivity (Wildman–Crippen MR) is 50.7 cm³/mol. The summed E-state index contributed by atoms with van der Waals surface area (Å²) < 4.78 is 16.6. The first-order valence-electron chi connectivity index (χ1n) is 5.25. The van der Waals surface area contributed by atoms with Gasteiger partial charge in [-0.15, -0.1) is 0 Å². The Labute approximate surface area is 88.3 Å². The summed E-state index contributed by atoms with van der Waals surface area (Å²) in [6, 6.07) is 0. The molecular weight excluding hydrogens is 200 g/mol. The van der Waals surface area contributed by atoms with Crippen molar-refractivity contribution in [1.29, 1.82) is 0 Å². The van der Waals surface area contributed by atoms with Gasteiger partial charge in [-0.2, -0.15) is 0 Å². The molecule has 5 nitrogen and oxygen atoms in total.